The maximum atomic E-state index is 12.2. The highest BCUT2D eigenvalue weighted by Crippen LogP contribution is 2.40. The molecule has 0 aliphatic heterocycles. The average molecular weight is 318 g/mol. The fourth-order valence-corrected chi connectivity index (χ4v) is 2.36. The molecule has 2 N–H and O–H groups in total. The van der Waals surface area contributed by atoms with Gasteiger partial charge in [-0.25, -0.2) is 0 Å². The third-order valence-electron chi connectivity index (χ3n) is 3.46. The lowest BCUT2D eigenvalue weighted by Crippen LogP contribution is -2.42. The summed E-state index contributed by atoms with van der Waals surface area (Å²) in [6, 6.07) is 7.27. The van der Waals surface area contributed by atoms with Gasteiger partial charge in [0.15, 0.2) is 0 Å². The molecular formula is C18H26N2O3. The molecule has 1 saturated carbocycles. The first kappa shape index (κ1) is 17.3. The van der Waals surface area contributed by atoms with Crippen LogP contribution in [0, 0.1) is 11.8 Å². The molecule has 0 aromatic heterocycles. The largest absolute Gasteiger partial charge is 0.491 e. The Kier molecular flexibility index (Phi) is 4.97. The van der Waals surface area contributed by atoms with Crippen molar-refractivity contribution in [2.75, 3.05) is 5.32 Å². The number of ether oxygens (including phenoxy) is 1. The number of rotatable bonds is 5. The zero-order valence-electron chi connectivity index (χ0n) is 14.5. The van der Waals surface area contributed by atoms with E-state index in [2.05, 4.69) is 10.6 Å². The van der Waals surface area contributed by atoms with E-state index in [4.69, 9.17) is 4.74 Å². The van der Waals surface area contributed by atoms with Gasteiger partial charge >= 0.3 is 0 Å². The van der Waals surface area contributed by atoms with E-state index in [0.29, 0.717) is 12.1 Å². The van der Waals surface area contributed by atoms with Gasteiger partial charge in [0.05, 0.1) is 17.9 Å². The van der Waals surface area contributed by atoms with Crippen molar-refractivity contribution in [2.24, 2.45) is 11.8 Å². The molecule has 0 radical (unpaired) electrons. The lowest BCUT2D eigenvalue weighted by Gasteiger charge is -2.20. The molecule has 1 aliphatic rings. The van der Waals surface area contributed by atoms with Crippen LogP contribution in [0.25, 0.3) is 0 Å². The number of amides is 2. The number of carbonyl (C=O) groups is 2. The zero-order valence-corrected chi connectivity index (χ0v) is 14.5. The van der Waals surface area contributed by atoms with Gasteiger partial charge in [0.1, 0.15) is 5.75 Å². The minimum atomic E-state index is -0.271. The van der Waals surface area contributed by atoms with Crippen LogP contribution in [0.5, 0.6) is 5.75 Å². The highest BCUT2D eigenvalue weighted by Gasteiger charge is 2.48. The summed E-state index contributed by atoms with van der Waals surface area (Å²) < 4.78 is 5.56. The Balaban J connectivity index is 1.85. The summed E-state index contributed by atoms with van der Waals surface area (Å²) in [6.45, 7) is 9.73. The van der Waals surface area contributed by atoms with Crippen LogP contribution in [0.3, 0.4) is 0 Å². The van der Waals surface area contributed by atoms with Crippen LogP contribution in [0.4, 0.5) is 5.69 Å². The van der Waals surface area contributed by atoms with Gasteiger partial charge in [-0.1, -0.05) is 0 Å². The van der Waals surface area contributed by atoms with Crippen LogP contribution in [0.15, 0.2) is 24.3 Å². The van der Waals surface area contributed by atoms with E-state index in [1.165, 1.54) is 0 Å². The fourth-order valence-electron chi connectivity index (χ4n) is 2.36. The topological polar surface area (TPSA) is 67.4 Å². The Bertz CT molecular complexity index is 573. The second-order valence-electron chi connectivity index (χ2n) is 7.37. The number of hydrogen-bond acceptors (Lipinski definition) is 3. The number of benzene rings is 1. The summed E-state index contributed by atoms with van der Waals surface area (Å²) in [4.78, 5) is 24.2. The molecule has 1 aliphatic carbocycles. The molecule has 1 fully saturated rings. The first-order valence-corrected chi connectivity index (χ1v) is 8.05. The van der Waals surface area contributed by atoms with Crippen molar-refractivity contribution in [2.45, 2.75) is 52.7 Å². The standard InChI is InChI=1S/C18H26N2O3/c1-11(2)23-13-8-6-12(7-9-13)19-16(21)14-10-15(14)17(22)20-18(3,4)5/h6-9,11,14-15H,10H2,1-5H3,(H,19,21)(H,20,22). The SMILES string of the molecule is CC(C)Oc1ccc(NC(=O)C2CC2C(=O)NC(C)(C)C)cc1. The molecular weight excluding hydrogens is 292 g/mol. The highest BCUT2D eigenvalue weighted by molar-refractivity contribution is 5.99. The quantitative estimate of drug-likeness (QED) is 0.877. The Morgan fingerprint density at radius 1 is 1.09 bits per heavy atom. The number of hydrogen-bond donors (Lipinski definition) is 2. The molecule has 1 aromatic rings. The van der Waals surface area contributed by atoms with Crippen molar-refractivity contribution in [1.82, 2.24) is 5.32 Å². The van der Waals surface area contributed by atoms with E-state index in [1.54, 1.807) is 0 Å². The summed E-state index contributed by atoms with van der Waals surface area (Å²) in [5.41, 5.74) is 0.445. The molecule has 126 valence electrons. The van der Waals surface area contributed by atoms with Crippen LogP contribution in [0.1, 0.15) is 41.0 Å². The average Bonchev–Trinajstić information content (AvgIpc) is 3.19. The molecule has 5 heteroatoms. The first-order chi connectivity index (χ1) is 10.7. The van der Waals surface area contributed by atoms with Gasteiger partial charge in [-0.15, -0.1) is 0 Å². The van der Waals surface area contributed by atoms with Crippen LogP contribution in [-0.2, 0) is 9.59 Å². The van der Waals surface area contributed by atoms with Crippen molar-refractivity contribution in [1.29, 1.82) is 0 Å². The van der Waals surface area contributed by atoms with Crippen LogP contribution < -0.4 is 15.4 Å². The Morgan fingerprint density at radius 3 is 2.17 bits per heavy atom. The second kappa shape index (κ2) is 6.60. The lowest BCUT2D eigenvalue weighted by atomic mass is 10.1. The Labute approximate surface area is 137 Å². The van der Waals surface area contributed by atoms with Crippen molar-refractivity contribution in [3.8, 4) is 5.75 Å². The van der Waals surface area contributed by atoms with E-state index in [9.17, 15) is 9.59 Å². The molecule has 1 aromatic carbocycles. The van der Waals surface area contributed by atoms with E-state index < -0.39 is 0 Å². The number of nitrogens with one attached hydrogen (secondary N) is 2. The number of carbonyl (C=O) groups excluding carboxylic acids is 2. The summed E-state index contributed by atoms with van der Waals surface area (Å²) in [7, 11) is 0. The second-order valence-corrected chi connectivity index (χ2v) is 7.37. The highest BCUT2D eigenvalue weighted by atomic mass is 16.5. The van der Waals surface area contributed by atoms with Crippen molar-refractivity contribution in [3.63, 3.8) is 0 Å². The van der Waals surface area contributed by atoms with Crippen molar-refractivity contribution in [3.05, 3.63) is 24.3 Å². The maximum Gasteiger partial charge on any atom is 0.228 e. The lowest BCUT2D eigenvalue weighted by molar-refractivity contribution is -0.126. The monoisotopic (exact) mass is 318 g/mol. The number of anilines is 1. The Hall–Kier alpha value is -2.04. The molecule has 0 saturated heterocycles. The molecule has 2 atom stereocenters. The van der Waals surface area contributed by atoms with Gasteiger partial charge < -0.3 is 15.4 Å². The van der Waals surface area contributed by atoms with E-state index in [0.717, 1.165) is 5.75 Å². The van der Waals surface area contributed by atoms with Gasteiger partial charge in [0, 0.05) is 11.2 Å². The third-order valence-corrected chi connectivity index (χ3v) is 3.46. The normalized spacial score (nSPS) is 20.1. The predicted molar refractivity (Wildman–Crippen MR) is 90.3 cm³/mol. The first-order valence-electron chi connectivity index (χ1n) is 8.05. The van der Waals surface area contributed by atoms with Gasteiger partial charge in [0.2, 0.25) is 11.8 Å². The maximum absolute atomic E-state index is 12.2. The van der Waals surface area contributed by atoms with Gasteiger partial charge in [-0.05, 0) is 65.3 Å². The molecule has 2 unspecified atom stereocenters. The van der Waals surface area contributed by atoms with Crippen molar-refractivity contribution >= 4 is 17.5 Å². The molecule has 2 amide bonds. The zero-order chi connectivity index (χ0) is 17.2. The molecule has 2 rings (SSSR count). The summed E-state index contributed by atoms with van der Waals surface area (Å²) >= 11 is 0. The molecule has 5 nitrogen and oxygen atoms in total. The smallest absolute Gasteiger partial charge is 0.228 e. The van der Waals surface area contributed by atoms with E-state index in [1.807, 2.05) is 58.9 Å². The summed E-state index contributed by atoms with van der Waals surface area (Å²) in [5, 5.41) is 5.78. The third kappa shape index (κ3) is 5.27. The Morgan fingerprint density at radius 2 is 1.65 bits per heavy atom. The van der Waals surface area contributed by atoms with E-state index >= 15 is 0 Å². The minimum Gasteiger partial charge on any atom is -0.491 e. The fraction of sp³-hybridized carbons (Fsp3) is 0.556. The summed E-state index contributed by atoms with van der Waals surface area (Å²) in [5.74, 6) is 0.184. The van der Waals surface area contributed by atoms with Gasteiger partial charge in [-0.3, -0.25) is 9.59 Å². The molecule has 0 bridgehead atoms. The van der Waals surface area contributed by atoms with Crippen molar-refractivity contribution < 1.29 is 14.3 Å². The molecule has 0 spiro atoms. The van der Waals surface area contributed by atoms with Gasteiger partial charge in [-0.2, -0.15) is 0 Å². The van der Waals surface area contributed by atoms with E-state index in [-0.39, 0.29) is 35.3 Å². The van der Waals surface area contributed by atoms with Crippen LogP contribution >= 0.6 is 0 Å². The van der Waals surface area contributed by atoms with Gasteiger partial charge in [0.25, 0.3) is 0 Å². The minimum absolute atomic E-state index is 0.0432. The predicted octanol–water partition coefficient (Wildman–Crippen LogP) is 2.96. The molecule has 23 heavy (non-hydrogen) atoms. The summed E-state index contributed by atoms with van der Waals surface area (Å²) in [6.07, 6.45) is 0.728. The van der Waals surface area contributed by atoms with Crippen LogP contribution in [0.2, 0.25) is 0 Å². The molecule has 0 heterocycles. The van der Waals surface area contributed by atoms with Crippen LogP contribution in [-0.4, -0.2) is 23.5 Å².